The highest BCUT2D eigenvalue weighted by molar-refractivity contribution is 6.02. The van der Waals surface area contributed by atoms with Gasteiger partial charge in [-0.15, -0.1) is 0 Å². The topological polar surface area (TPSA) is 279 Å². The lowest BCUT2D eigenvalue weighted by molar-refractivity contribution is -0.182. The number of hydrogen-bond acceptors (Lipinski definition) is 13. The van der Waals surface area contributed by atoms with Crippen molar-refractivity contribution in [3.63, 3.8) is 0 Å². The van der Waals surface area contributed by atoms with Crippen LogP contribution in [0.2, 0.25) is 0 Å². The van der Waals surface area contributed by atoms with Gasteiger partial charge in [0.25, 0.3) is 5.56 Å². The van der Waals surface area contributed by atoms with E-state index in [1.54, 1.807) is 54.8 Å². The van der Waals surface area contributed by atoms with Gasteiger partial charge in [-0.2, -0.15) is 0 Å². The number of carbonyl (C=O) groups is 8. The van der Waals surface area contributed by atoms with Crippen molar-refractivity contribution in [2.45, 2.75) is 109 Å². The van der Waals surface area contributed by atoms with Crippen LogP contribution in [-0.2, 0) is 79.4 Å². The Hall–Kier alpha value is -7.39. The molecule has 1 saturated heterocycles. The molecule has 2 aromatic carbocycles. The molecule has 1 fully saturated rings. The minimum atomic E-state index is -1.83. The first kappa shape index (κ1) is 50.0. The van der Waals surface area contributed by atoms with Crippen LogP contribution in [0.1, 0.15) is 103 Å². The van der Waals surface area contributed by atoms with Gasteiger partial charge in [-0.3, -0.25) is 43.3 Å². The number of aryl methyl sites for hydroxylation is 1. The second-order valence-corrected chi connectivity index (χ2v) is 18.1. The van der Waals surface area contributed by atoms with Gasteiger partial charge in [0.1, 0.15) is 25.2 Å². The van der Waals surface area contributed by atoms with Crippen LogP contribution in [0.15, 0.2) is 47.3 Å². The number of hydrogen-bond donors (Lipinski definition) is 6. The SMILES string of the molecule is CC[C@@]1(OCNC(=O)CNC(=O)[C@H](Cc2ccccc2)NC(=O)CNC(=O)CNC(=O)CCCCCN2C(=O)CCC2=O)C(=O)OCc2c1cc1n(c2=O)Cc2c-1nc1cc(F)c(C)c3c1c2[C@@H](N)CC3. The van der Waals surface area contributed by atoms with Crippen LogP contribution in [0, 0.1) is 12.7 Å². The number of benzene rings is 2. The predicted octanol–water partition coefficient (Wildman–Crippen LogP) is 1.36. The zero-order chi connectivity index (χ0) is 50.6. The summed E-state index contributed by atoms with van der Waals surface area (Å²) in [7, 11) is 0. The summed E-state index contributed by atoms with van der Waals surface area (Å²) >= 11 is 0. The fourth-order valence-electron chi connectivity index (χ4n) is 9.83. The third-order valence-electron chi connectivity index (χ3n) is 13.7. The Labute approximate surface area is 406 Å². The van der Waals surface area contributed by atoms with Crippen molar-refractivity contribution in [1.82, 2.24) is 41.0 Å². The summed E-state index contributed by atoms with van der Waals surface area (Å²) < 4.78 is 28.4. The van der Waals surface area contributed by atoms with E-state index in [0.717, 1.165) is 22.1 Å². The zero-order valence-electron chi connectivity index (χ0n) is 39.5. The molecule has 5 heterocycles. The van der Waals surface area contributed by atoms with E-state index in [1.807, 2.05) is 0 Å². The molecule has 0 bridgehead atoms. The summed E-state index contributed by atoms with van der Waals surface area (Å²) in [5.41, 5.74) is 9.82. The standard InChI is InChI=1S/C50H56FN9O11/c1-3-50(32-19-37-46-30(24-60(37)48(68)31(32)25-70-49(50)69)44-34(52)14-13-29-27(2)33(51)20-35(58-46)45(29)44)71-26-56-40(63)22-55-47(67)36(18-28-10-6-4-7-11-28)57-41(64)23-54-39(62)21-53-38(61)12-8-5-9-17-59-42(65)15-16-43(59)66/h4,6-7,10-11,19-20,34,36H,3,5,8-9,12-18,21-26,52H2,1-2H3,(H,53,61)(H,54,62)(H,55,67)(H,56,63)(H,57,64)/t34-,36-,50-/m0/s1. The molecular formula is C50H56FN9O11. The number of nitrogens with zero attached hydrogens (tertiary/aromatic N) is 3. The molecule has 0 spiro atoms. The van der Waals surface area contributed by atoms with Gasteiger partial charge < -0.3 is 46.4 Å². The minimum Gasteiger partial charge on any atom is -0.458 e. The van der Waals surface area contributed by atoms with Crippen LogP contribution in [0.25, 0.3) is 22.3 Å². The van der Waals surface area contributed by atoms with Crippen LogP contribution >= 0.6 is 0 Å². The lowest BCUT2D eigenvalue weighted by Gasteiger charge is -2.36. The molecule has 0 radical (unpaired) electrons. The molecule has 21 heteroatoms. The Bertz CT molecular complexity index is 2890. The molecule has 1 aliphatic carbocycles. The number of nitrogens with two attached hydrogens (primary N) is 1. The van der Waals surface area contributed by atoms with Gasteiger partial charge in [-0.1, -0.05) is 43.7 Å². The van der Waals surface area contributed by atoms with E-state index in [4.69, 9.17) is 20.2 Å². The molecule has 7 amide bonds. The molecule has 7 N–H and O–H groups in total. The highest BCUT2D eigenvalue weighted by Crippen LogP contribution is 2.46. The summed E-state index contributed by atoms with van der Waals surface area (Å²) in [6, 6.07) is 10.3. The molecule has 8 rings (SSSR count). The summed E-state index contributed by atoms with van der Waals surface area (Å²) in [6.45, 7) is 1.56. The van der Waals surface area contributed by atoms with E-state index in [0.29, 0.717) is 66.7 Å². The number of ether oxygens (including phenoxy) is 2. The van der Waals surface area contributed by atoms with E-state index < -0.39 is 73.2 Å². The largest absolute Gasteiger partial charge is 0.458 e. The number of imide groups is 1. The molecule has 4 aromatic rings. The number of nitrogens with one attached hydrogen (secondary N) is 5. The van der Waals surface area contributed by atoms with Crippen LogP contribution in [-0.4, -0.2) is 101 Å². The van der Waals surface area contributed by atoms with Gasteiger partial charge in [-0.25, -0.2) is 14.2 Å². The van der Waals surface area contributed by atoms with Crippen molar-refractivity contribution in [2.75, 3.05) is 32.9 Å². The van der Waals surface area contributed by atoms with Gasteiger partial charge in [0, 0.05) is 60.8 Å². The van der Waals surface area contributed by atoms with Crippen molar-refractivity contribution in [1.29, 1.82) is 0 Å². The van der Waals surface area contributed by atoms with Crippen LogP contribution in [0.5, 0.6) is 0 Å². The molecule has 3 atom stereocenters. The first-order valence-electron chi connectivity index (χ1n) is 23.8. The van der Waals surface area contributed by atoms with Crippen molar-refractivity contribution < 1.29 is 52.2 Å². The summed E-state index contributed by atoms with van der Waals surface area (Å²) in [6.07, 6.45) is 3.44. The lowest BCUT2D eigenvalue weighted by atomic mass is 9.82. The first-order valence-corrected chi connectivity index (χ1v) is 23.8. The van der Waals surface area contributed by atoms with Crippen molar-refractivity contribution in [3.8, 4) is 11.4 Å². The maximum absolute atomic E-state index is 15.2. The van der Waals surface area contributed by atoms with Crippen molar-refractivity contribution in [3.05, 3.63) is 97.6 Å². The third-order valence-corrected chi connectivity index (χ3v) is 13.7. The number of esters is 1. The number of pyridine rings is 2. The second kappa shape index (κ2) is 21.3. The van der Waals surface area contributed by atoms with Gasteiger partial charge in [0.05, 0.1) is 48.6 Å². The average molecular weight is 978 g/mol. The van der Waals surface area contributed by atoms with E-state index in [2.05, 4.69) is 26.6 Å². The second-order valence-electron chi connectivity index (χ2n) is 18.1. The van der Waals surface area contributed by atoms with Gasteiger partial charge in [0.2, 0.25) is 41.4 Å². The third kappa shape index (κ3) is 10.4. The molecule has 0 unspecified atom stereocenters. The average Bonchev–Trinajstić information content (AvgIpc) is 3.89. The van der Waals surface area contributed by atoms with Gasteiger partial charge >= 0.3 is 5.97 Å². The monoisotopic (exact) mass is 977 g/mol. The molecule has 71 heavy (non-hydrogen) atoms. The minimum absolute atomic E-state index is 0.00243. The number of fused-ring (bicyclic) bond motifs is 5. The molecule has 0 saturated carbocycles. The maximum Gasteiger partial charge on any atom is 0.343 e. The number of unbranched alkanes of at least 4 members (excludes halogenated alkanes) is 2. The number of amides is 7. The maximum atomic E-state index is 15.2. The van der Waals surface area contributed by atoms with Crippen LogP contribution in [0.3, 0.4) is 0 Å². The highest BCUT2D eigenvalue weighted by Gasteiger charge is 2.48. The van der Waals surface area contributed by atoms with Crippen molar-refractivity contribution in [2.24, 2.45) is 5.73 Å². The number of halogens is 1. The smallest absolute Gasteiger partial charge is 0.343 e. The normalized spacial score (nSPS) is 18.0. The Morgan fingerprint density at radius 3 is 2.32 bits per heavy atom. The number of rotatable bonds is 20. The summed E-state index contributed by atoms with van der Waals surface area (Å²) in [5.74, 6) is -4.73. The molecule has 2 aromatic heterocycles. The fourth-order valence-corrected chi connectivity index (χ4v) is 9.83. The summed E-state index contributed by atoms with van der Waals surface area (Å²) in [5, 5.41) is 13.3. The van der Waals surface area contributed by atoms with E-state index in [9.17, 15) is 43.2 Å². The number of carbonyl (C=O) groups excluding carboxylic acids is 8. The van der Waals surface area contributed by atoms with Crippen LogP contribution in [0.4, 0.5) is 4.39 Å². The van der Waals surface area contributed by atoms with E-state index >= 15 is 4.39 Å². The lowest BCUT2D eigenvalue weighted by Crippen LogP contribution is -2.52. The van der Waals surface area contributed by atoms with E-state index in [1.165, 1.54) is 11.0 Å². The first-order chi connectivity index (χ1) is 34.1. The van der Waals surface area contributed by atoms with Gasteiger partial charge in [-0.05, 0) is 67.3 Å². The quantitative estimate of drug-likeness (QED) is 0.0279. The van der Waals surface area contributed by atoms with Gasteiger partial charge in [0.15, 0.2) is 5.60 Å². The molecule has 4 aliphatic rings. The van der Waals surface area contributed by atoms with Crippen molar-refractivity contribution >= 4 is 58.2 Å². The fraction of sp³-hybridized carbons (Fsp3) is 0.440. The zero-order valence-corrected chi connectivity index (χ0v) is 39.5. The van der Waals surface area contributed by atoms with Crippen LogP contribution < -0.4 is 37.9 Å². The molecule has 3 aliphatic heterocycles. The molecule has 20 nitrogen and oxygen atoms in total. The number of cyclic esters (lactones) is 1. The number of likely N-dealkylation sites (tertiary alicyclic amines) is 1. The Morgan fingerprint density at radius 1 is 0.873 bits per heavy atom. The Morgan fingerprint density at radius 2 is 1.58 bits per heavy atom. The summed E-state index contributed by atoms with van der Waals surface area (Å²) in [4.78, 5) is 122. The Balaban J connectivity index is 0.851. The predicted molar refractivity (Wildman–Crippen MR) is 252 cm³/mol. The van der Waals surface area contributed by atoms with E-state index in [-0.39, 0.29) is 86.0 Å². The molecular weight excluding hydrogens is 922 g/mol. The Kier molecular flexibility index (Phi) is 15.0. The number of aromatic nitrogens is 2. The molecule has 374 valence electrons. The highest BCUT2D eigenvalue weighted by atomic mass is 19.1.